The molecule has 0 bridgehead atoms. The van der Waals surface area contributed by atoms with Crippen LogP contribution in [0.3, 0.4) is 0 Å². The SMILES string of the molecule is O=C(O)c1ccc(CCN2C(=O)/C(=C/c3ccc(OCCN4CCOCC4)c(-c4ccc5cc(OCCO)ccc5c4)c3)SC2=S)cc1. The predicted octanol–water partition coefficient (Wildman–Crippen LogP) is 5.73. The average Bonchev–Trinajstić information content (AvgIpc) is 3.37. The van der Waals surface area contributed by atoms with Gasteiger partial charge in [-0.05, 0) is 82.4 Å². The molecular weight excluding hydrogens is 649 g/mol. The minimum absolute atomic E-state index is 0.0454. The van der Waals surface area contributed by atoms with Crippen LogP contribution < -0.4 is 9.47 Å². The number of fused-ring (bicyclic) bond motifs is 1. The van der Waals surface area contributed by atoms with E-state index in [4.69, 9.17) is 36.6 Å². The van der Waals surface area contributed by atoms with Gasteiger partial charge in [0.15, 0.2) is 0 Å². The second-order valence-corrected chi connectivity index (χ2v) is 13.1. The Morgan fingerprint density at radius 1 is 0.917 bits per heavy atom. The van der Waals surface area contributed by atoms with E-state index in [1.165, 1.54) is 11.8 Å². The Balaban J connectivity index is 1.23. The first kappa shape index (κ1) is 33.6. The number of hydrogen-bond donors (Lipinski definition) is 2. The Kier molecular flexibility index (Phi) is 11.0. The van der Waals surface area contributed by atoms with Gasteiger partial charge in [0.1, 0.15) is 29.0 Å². The van der Waals surface area contributed by atoms with Crippen molar-refractivity contribution in [2.45, 2.75) is 6.42 Å². The minimum Gasteiger partial charge on any atom is -0.492 e. The highest BCUT2D eigenvalue weighted by Crippen LogP contribution is 2.37. The Hall–Kier alpha value is -4.26. The third-order valence-corrected chi connectivity index (χ3v) is 9.63. The molecule has 0 unspecified atom stereocenters. The maximum atomic E-state index is 13.4. The number of aliphatic hydroxyl groups excluding tert-OH is 1. The molecule has 2 heterocycles. The largest absolute Gasteiger partial charge is 0.492 e. The number of nitrogens with zero attached hydrogens (tertiary/aromatic N) is 2. The molecule has 0 saturated carbocycles. The Bertz CT molecular complexity index is 1840. The molecule has 2 saturated heterocycles. The zero-order valence-corrected chi connectivity index (χ0v) is 27.9. The zero-order chi connectivity index (χ0) is 33.5. The molecule has 1 amide bonds. The molecule has 2 fully saturated rings. The number of hydrogen-bond acceptors (Lipinski definition) is 9. The van der Waals surface area contributed by atoms with Gasteiger partial charge in [0, 0.05) is 31.7 Å². The molecule has 11 heteroatoms. The highest BCUT2D eigenvalue weighted by atomic mass is 32.2. The number of thiocarbonyl (C=S) groups is 1. The normalized spacial score (nSPS) is 16.2. The lowest BCUT2D eigenvalue weighted by Crippen LogP contribution is -2.38. The summed E-state index contributed by atoms with van der Waals surface area (Å²) in [5.74, 6) is 0.333. The monoisotopic (exact) mass is 684 g/mol. The van der Waals surface area contributed by atoms with E-state index in [1.807, 2.05) is 48.5 Å². The molecule has 2 aliphatic rings. The highest BCUT2D eigenvalue weighted by Gasteiger charge is 2.31. The van der Waals surface area contributed by atoms with Crippen LogP contribution >= 0.6 is 24.0 Å². The summed E-state index contributed by atoms with van der Waals surface area (Å²) >= 11 is 6.86. The van der Waals surface area contributed by atoms with Crippen molar-refractivity contribution in [3.05, 3.63) is 100 Å². The first-order valence-corrected chi connectivity index (χ1v) is 17.0. The minimum atomic E-state index is -0.973. The molecule has 0 spiro atoms. The molecule has 0 radical (unpaired) electrons. The van der Waals surface area contributed by atoms with E-state index in [1.54, 1.807) is 29.2 Å². The molecule has 4 aromatic carbocycles. The first-order chi connectivity index (χ1) is 23.4. The van der Waals surface area contributed by atoms with Gasteiger partial charge in [-0.25, -0.2) is 4.79 Å². The number of ether oxygens (including phenoxy) is 3. The van der Waals surface area contributed by atoms with Gasteiger partial charge in [-0.1, -0.05) is 60.4 Å². The van der Waals surface area contributed by atoms with Gasteiger partial charge >= 0.3 is 5.97 Å². The molecule has 0 atom stereocenters. The van der Waals surface area contributed by atoms with E-state index >= 15 is 0 Å². The second kappa shape index (κ2) is 15.8. The number of carbonyl (C=O) groups excluding carboxylic acids is 1. The number of rotatable bonds is 13. The number of carboxylic acid groups (broad SMARTS) is 1. The summed E-state index contributed by atoms with van der Waals surface area (Å²) in [4.78, 5) is 29.1. The van der Waals surface area contributed by atoms with E-state index in [-0.39, 0.29) is 24.7 Å². The lowest BCUT2D eigenvalue weighted by Gasteiger charge is -2.26. The maximum Gasteiger partial charge on any atom is 0.335 e. The number of aliphatic hydroxyl groups is 1. The number of benzene rings is 4. The van der Waals surface area contributed by atoms with Crippen LogP contribution in [-0.4, -0.2) is 95.4 Å². The van der Waals surface area contributed by atoms with E-state index in [0.29, 0.717) is 34.5 Å². The van der Waals surface area contributed by atoms with Gasteiger partial charge in [-0.3, -0.25) is 14.6 Å². The quantitative estimate of drug-likeness (QED) is 0.134. The van der Waals surface area contributed by atoms with E-state index < -0.39 is 5.97 Å². The maximum absolute atomic E-state index is 13.4. The molecule has 248 valence electrons. The molecule has 2 N–H and O–H groups in total. The summed E-state index contributed by atoms with van der Waals surface area (Å²) in [5.41, 5.74) is 3.89. The van der Waals surface area contributed by atoms with Crippen molar-refractivity contribution in [3.63, 3.8) is 0 Å². The molecule has 2 aliphatic heterocycles. The Morgan fingerprint density at radius 3 is 2.46 bits per heavy atom. The summed E-state index contributed by atoms with van der Waals surface area (Å²) in [5, 5.41) is 20.3. The van der Waals surface area contributed by atoms with Gasteiger partial charge in [-0.15, -0.1) is 0 Å². The predicted molar refractivity (Wildman–Crippen MR) is 192 cm³/mol. The van der Waals surface area contributed by atoms with Crippen molar-refractivity contribution in [1.82, 2.24) is 9.80 Å². The van der Waals surface area contributed by atoms with Crippen molar-refractivity contribution < 1.29 is 34.0 Å². The average molecular weight is 685 g/mol. The van der Waals surface area contributed by atoms with Gasteiger partial charge < -0.3 is 24.4 Å². The number of carboxylic acids is 1. The number of carbonyl (C=O) groups is 2. The van der Waals surface area contributed by atoms with Crippen LogP contribution in [0.2, 0.25) is 0 Å². The van der Waals surface area contributed by atoms with Crippen molar-refractivity contribution in [1.29, 1.82) is 0 Å². The number of amides is 1. The fourth-order valence-electron chi connectivity index (χ4n) is 5.64. The van der Waals surface area contributed by atoms with Gasteiger partial charge in [0.25, 0.3) is 5.91 Å². The standard InChI is InChI=1S/C37H36N2O7S2/c40-16-20-45-31-9-8-28-23-30(7-6-29(28)24-31)32-21-26(3-10-33(32)46-19-15-38-13-17-44-18-14-38)22-34-35(41)39(37(47)48-34)12-11-25-1-4-27(5-2-25)36(42)43/h1-10,21-24,40H,11-20H2,(H,42,43)/b34-22-. The second-order valence-electron chi connectivity index (χ2n) is 11.4. The highest BCUT2D eigenvalue weighted by molar-refractivity contribution is 8.26. The van der Waals surface area contributed by atoms with E-state index in [0.717, 1.165) is 71.6 Å². The summed E-state index contributed by atoms with van der Waals surface area (Å²) in [6.45, 7) is 5.16. The van der Waals surface area contributed by atoms with Gasteiger partial charge in [0.2, 0.25) is 0 Å². The molecule has 0 aromatic heterocycles. The van der Waals surface area contributed by atoms with Crippen LogP contribution in [0.1, 0.15) is 21.5 Å². The summed E-state index contributed by atoms with van der Waals surface area (Å²) in [7, 11) is 0. The van der Waals surface area contributed by atoms with E-state index in [2.05, 4.69) is 17.0 Å². The van der Waals surface area contributed by atoms with Crippen molar-refractivity contribution in [2.75, 3.05) is 59.2 Å². The topological polar surface area (TPSA) is 109 Å². The lowest BCUT2D eigenvalue weighted by molar-refractivity contribution is -0.122. The number of thioether (sulfide) groups is 1. The smallest absolute Gasteiger partial charge is 0.335 e. The number of morpholine rings is 1. The molecule has 9 nitrogen and oxygen atoms in total. The lowest BCUT2D eigenvalue weighted by atomic mass is 9.98. The third kappa shape index (κ3) is 8.23. The van der Waals surface area contributed by atoms with Crippen molar-refractivity contribution >= 4 is 57.0 Å². The van der Waals surface area contributed by atoms with Crippen LogP contribution in [-0.2, 0) is 16.0 Å². The van der Waals surface area contributed by atoms with Crippen LogP contribution in [0.25, 0.3) is 28.0 Å². The third-order valence-electron chi connectivity index (χ3n) is 8.25. The van der Waals surface area contributed by atoms with Crippen LogP contribution in [0.15, 0.2) is 83.8 Å². The Morgan fingerprint density at radius 2 is 1.69 bits per heavy atom. The fourth-order valence-corrected chi connectivity index (χ4v) is 6.95. The summed E-state index contributed by atoms with van der Waals surface area (Å²) in [6.07, 6.45) is 2.42. The zero-order valence-electron chi connectivity index (χ0n) is 26.3. The van der Waals surface area contributed by atoms with E-state index in [9.17, 15) is 9.59 Å². The van der Waals surface area contributed by atoms with Crippen LogP contribution in [0.5, 0.6) is 11.5 Å². The molecular formula is C37H36N2O7S2. The molecule has 4 aromatic rings. The molecule has 0 aliphatic carbocycles. The van der Waals surface area contributed by atoms with Crippen molar-refractivity contribution in [3.8, 4) is 22.6 Å². The molecule has 6 rings (SSSR count). The summed E-state index contributed by atoms with van der Waals surface area (Å²) < 4.78 is 17.9. The van der Waals surface area contributed by atoms with Gasteiger partial charge in [0.05, 0.1) is 30.3 Å². The molecule has 48 heavy (non-hydrogen) atoms. The van der Waals surface area contributed by atoms with Crippen LogP contribution in [0, 0.1) is 0 Å². The number of aromatic carboxylic acids is 1. The fraction of sp³-hybridized carbons (Fsp3) is 0.270. The van der Waals surface area contributed by atoms with Gasteiger partial charge in [-0.2, -0.15) is 0 Å². The van der Waals surface area contributed by atoms with Crippen LogP contribution in [0.4, 0.5) is 0 Å². The summed E-state index contributed by atoms with van der Waals surface area (Å²) in [6, 6.07) is 24.7. The Labute approximate surface area is 288 Å². The first-order valence-electron chi connectivity index (χ1n) is 15.8. The van der Waals surface area contributed by atoms with Crippen molar-refractivity contribution in [2.24, 2.45) is 0 Å².